The minimum Gasteiger partial charge on any atom is -0.398 e. The first-order valence-corrected chi connectivity index (χ1v) is 5.59. The molecule has 1 nitrogen and oxygen atoms in total. The summed E-state index contributed by atoms with van der Waals surface area (Å²) in [6, 6.07) is 10.2. The first kappa shape index (κ1) is 9.91. The van der Waals surface area contributed by atoms with E-state index in [1.54, 1.807) is 0 Å². The lowest BCUT2D eigenvalue weighted by molar-refractivity contribution is 1.69. The summed E-state index contributed by atoms with van der Waals surface area (Å²) < 4.78 is 0. The number of allylic oxidation sites excluding steroid dienone is 4. The SMILES string of the molecule is C=CC1=C(C=C)c2ccc(N)c3cccc1c23. The third-order valence-electron chi connectivity index (χ3n) is 3.35. The molecule has 0 aromatic heterocycles. The van der Waals surface area contributed by atoms with E-state index in [1.807, 2.05) is 24.3 Å². The first-order chi connectivity index (χ1) is 8.27. The molecule has 0 unspecified atom stereocenters. The number of nitrogen functional groups attached to an aromatic ring is 1. The fraction of sp³-hybridized carbons (Fsp3) is 0. The predicted octanol–water partition coefficient (Wildman–Crippen LogP) is 4.02. The average Bonchev–Trinajstić information content (AvgIpc) is 2.68. The molecule has 1 aliphatic carbocycles. The summed E-state index contributed by atoms with van der Waals surface area (Å²) in [7, 11) is 0. The highest BCUT2D eigenvalue weighted by molar-refractivity contribution is 6.19. The summed E-state index contributed by atoms with van der Waals surface area (Å²) in [5, 5.41) is 2.33. The molecule has 82 valence electrons. The standard InChI is InChI=1S/C16H13N/c1-3-10-11(4-2)13-8-9-15(17)14-7-5-6-12(10)16(13)14/h3-9H,1-2,17H2. The van der Waals surface area contributed by atoms with Gasteiger partial charge in [-0.2, -0.15) is 0 Å². The molecule has 0 radical (unpaired) electrons. The van der Waals surface area contributed by atoms with Gasteiger partial charge >= 0.3 is 0 Å². The molecule has 0 bridgehead atoms. The molecule has 17 heavy (non-hydrogen) atoms. The van der Waals surface area contributed by atoms with Gasteiger partial charge in [0, 0.05) is 11.1 Å². The third-order valence-corrected chi connectivity index (χ3v) is 3.35. The minimum absolute atomic E-state index is 0.819. The van der Waals surface area contributed by atoms with Crippen LogP contribution in [-0.4, -0.2) is 0 Å². The molecule has 2 aromatic rings. The smallest absolute Gasteiger partial charge is 0.0394 e. The normalized spacial score (nSPS) is 13.2. The van der Waals surface area contributed by atoms with Crippen molar-refractivity contribution in [3.8, 4) is 0 Å². The Balaban J connectivity index is 2.55. The summed E-state index contributed by atoms with van der Waals surface area (Å²) in [5.74, 6) is 0. The molecular weight excluding hydrogens is 206 g/mol. The zero-order chi connectivity index (χ0) is 12.0. The molecule has 0 saturated carbocycles. The van der Waals surface area contributed by atoms with Crippen molar-refractivity contribution in [2.45, 2.75) is 0 Å². The van der Waals surface area contributed by atoms with Crippen molar-refractivity contribution in [3.05, 3.63) is 66.8 Å². The van der Waals surface area contributed by atoms with Crippen LogP contribution < -0.4 is 5.73 Å². The van der Waals surface area contributed by atoms with E-state index < -0.39 is 0 Å². The first-order valence-electron chi connectivity index (χ1n) is 5.59. The Morgan fingerprint density at radius 3 is 2.18 bits per heavy atom. The van der Waals surface area contributed by atoms with Crippen molar-refractivity contribution in [3.63, 3.8) is 0 Å². The van der Waals surface area contributed by atoms with Crippen LogP contribution in [0.3, 0.4) is 0 Å². The van der Waals surface area contributed by atoms with E-state index in [4.69, 9.17) is 5.73 Å². The number of hydrogen-bond donors (Lipinski definition) is 1. The average molecular weight is 219 g/mol. The van der Waals surface area contributed by atoms with Crippen molar-refractivity contribution in [2.75, 3.05) is 5.73 Å². The Labute approximate surface area is 101 Å². The Bertz CT molecular complexity index is 666. The molecule has 2 N–H and O–H groups in total. The number of benzene rings is 2. The molecule has 0 fully saturated rings. The van der Waals surface area contributed by atoms with Gasteiger partial charge in [0.25, 0.3) is 0 Å². The maximum Gasteiger partial charge on any atom is 0.0394 e. The molecular formula is C16H13N. The highest BCUT2D eigenvalue weighted by Gasteiger charge is 2.20. The summed E-state index contributed by atoms with van der Waals surface area (Å²) in [5.41, 5.74) is 11.5. The molecule has 0 amide bonds. The summed E-state index contributed by atoms with van der Waals surface area (Å²) in [6.45, 7) is 7.79. The van der Waals surface area contributed by atoms with E-state index in [0.29, 0.717) is 0 Å². The second-order valence-corrected chi connectivity index (χ2v) is 4.17. The fourth-order valence-corrected chi connectivity index (χ4v) is 2.61. The van der Waals surface area contributed by atoms with Crippen LogP contribution in [0.4, 0.5) is 5.69 Å². The van der Waals surface area contributed by atoms with Crippen LogP contribution in [0.15, 0.2) is 55.6 Å². The highest BCUT2D eigenvalue weighted by atomic mass is 14.6. The molecule has 1 aliphatic rings. The molecule has 0 spiro atoms. The van der Waals surface area contributed by atoms with E-state index in [0.717, 1.165) is 22.2 Å². The van der Waals surface area contributed by atoms with Crippen LogP contribution in [0.2, 0.25) is 0 Å². The maximum atomic E-state index is 6.03. The zero-order valence-electron chi connectivity index (χ0n) is 9.53. The molecule has 0 heterocycles. The summed E-state index contributed by atoms with van der Waals surface area (Å²) in [4.78, 5) is 0. The molecule has 0 atom stereocenters. The summed E-state index contributed by atoms with van der Waals surface area (Å²) in [6.07, 6.45) is 3.78. The van der Waals surface area contributed by atoms with Crippen molar-refractivity contribution >= 4 is 27.6 Å². The third kappa shape index (κ3) is 1.14. The molecule has 0 aliphatic heterocycles. The van der Waals surface area contributed by atoms with Crippen LogP contribution in [0, 0.1) is 0 Å². The van der Waals surface area contributed by atoms with Gasteiger partial charge in [-0.1, -0.05) is 49.6 Å². The second kappa shape index (κ2) is 3.36. The lowest BCUT2D eigenvalue weighted by Crippen LogP contribution is -1.89. The van der Waals surface area contributed by atoms with Gasteiger partial charge in [-0.05, 0) is 33.7 Å². The van der Waals surface area contributed by atoms with Crippen molar-refractivity contribution < 1.29 is 0 Å². The lowest BCUT2D eigenvalue weighted by Gasteiger charge is -2.05. The number of anilines is 1. The number of hydrogen-bond acceptors (Lipinski definition) is 1. The van der Waals surface area contributed by atoms with Gasteiger partial charge in [0.2, 0.25) is 0 Å². The van der Waals surface area contributed by atoms with E-state index in [-0.39, 0.29) is 0 Å². The van der Waals surface area contributed by atoms with E-state index in [2.05, 4.69) is 31.4 Å². The van der Waals surface area contributed by atoms with Gasteiger partial charge in [-0.3, -0.25) is 0 Å². The Morgan fingerprint density at radius 2 is 1.53 bits per heavy atom. The van der Waals surface area contributed by atoms with E-state index >= 15 is 0 Å². The largest absolute Gasteiger partial charge is 0.398 e. The van der Waals surface area contributed by atoms with E-state index in [9.17, 15) is 0 Å². The molecule has 2 aromatic carbocycles. The van der Waals surface area contributed by atoms with Crippen LogP contribution in [0.1, 0.15) is 11.1 Å². The van der Waals surface area contributed by atoms with Gasteiger partial charge in [0.05, 0.1) is 0 Å². The molecule has 1 heteroatoms. The zero-order valence-corrected chi connectivity index (χ0v) is 9.53. The number of nitrogens with two attached hydrogens (primary N) is 1. The Morgan fingerprint density at radius 1 is 0.882 bits per heavy atom. The van der Waals surface area contributed by atoms with Gasteiger partial charge in [-0.15, -0.1) is 0 Å². The maximum absolute atomic E-state index is 6.03. The van der Waals surface area contributed by atoms with E-state index in [1.165, 1.54) is 16.5 Å². The summed E-state index contributed by atoms with van der Waals surface area (Å²) >= 11 is 0. The van der Waals surface area contributed by atoms with Crippen LogP contribution >= 0.6 is 0 Å². The Hall–Kier alpha value is -2.28. The molecule has 3 rings (SSSR count). The van der Waals surface area contributed by atoms with Crippen LogP contribution in [0.25, 0.3) is 21.9 Å². The van der Waals surface area contributed by atoms with Crippen LogP contribution in [0.5, 0.6) is 0 Å². The van der Waals surface area contributed by atoms with Gasteiger partial charge in [0.15, 0.2) is 0 Å². The predicted molar refractivity (Wildman–Crippen MR) is 75.6 cm³/mol. The molecule has 0 saturated heterocycles. The second-order valence-electron chi connectivity index (χ2n) is 4.17. The lowest BCUT2D eigenvalue weighted by atomic mass is 10.0. The fourth-order valence-electron chi connectivity index (χ4n) is 2.61. The monoisotopic (exact) mass is 219 g/mol. The highest BCUT2D eigenvalue weighted by Crippen LogP contribution is 2.44. The van der Waals surface area contributed by atoms with Crippen molar-refractivity contribution in [1.29, 1.82) is 0 Å². The van der Waals surface area contributed by atoms with Crippen LogP contribution in [-0.2, 0) is 0 Å². The Kier molecular flexibility index (Phi) is 1.96. The number of rotatable bonds is 2. The van der Waals surface area contributed by atoms with Gasteiger partial charge in [0.1, 0.15) is 0 Å². The van der Waals surface area contributed by atoms with Gasteiger partial charge < -0.3 is 5.73 Å². The van der Waals surface area contributed by atoms with Gasteiger partial charge in [-0.25, -0.2) is 0 Å². The van der Waals surface area contributed by atoms with Crippen molar-refractivity contribution in [2.24, 2.45) is 0 Å². The quantitative estimate of drug-likeness (QED) is 0.758. The minimum atomic E-state index is 0.819. The van der Waals surface area contributed by atoms with Crippen molar-refractivity contribution in [1.82, 2.24) is 0 Å². The topological polar surface area (TPSA) is 26.0 Å².